The lowest BCUT2D eigenvalue weighted by Gasteiger charge is -2.34. The van der Waals surface area contributed by atoms with Crippen LogP contribution < -0.4 is 10.1 Å². The number of H-pyrrole nitrogens is 1. The lowest BCUT2D eigenvalue weighted by Crippen LogP contribution is -2.50. The molecule has 0 aliphatic carbocycles. The van der Waals surface area contributed by atoms with Crippen LogP contribution in [0, 0.1) is 0 Å². The van der Waals surface area contributed by atoms with Crippen LogP contribution in [0.2, 0.25) is 0 Å². The molecule has 2 heterocycles. The Morgan fingerprint density at radius 1 is 1.33 bits per heavy atom. The number of fused-ring (bicyclic) bond motifs is 1. The highest BCUT2D eigenvalue weighted by Gasteiger charge is 2.27. The molecule has 0 spiro atoms. The van der Waals surface area contributed by atoms with Crippen LogP contribution in [-0.4, -0.2) is 46.9 Å². The number of ether oxygens (including phenoxy) is 1. The van der Waals surface area contributed by atoms with Gasteiger partial charge in [-0.05, 0) is 45.7 Å². The number of carbonyl (C=O) groups excluding carboxylic acids is 1. The van der Waals surface area contributed by atoms with Crippen LogP contribution in [0.15, 0.2) is 18.2 Å². The minimum absolute atomic E-state index is 0.0279. The standard InChI is InChI=1S/C18H26N4O2/c1-18(2,3)19-17(23)22-9-7-12(8-10-22)16-14-6-5-13(24-4)11-15(14)20-21-16/h5-6,11-12H,7-10H2,1-4H3,(H,19,23)(H,20,21). The number of aromatic amines is 1. The van der Waals surface area contributed by atoms with Crippen LogP contribution >= 0.6 is 0 Å². The Bertz CT molecular complexity index is 724. The number of likely N-dealkylation sites (tertiary alicyclic amines) is 1. The molecule has 1 aliphatic heterocycles. The molecule has 24 heavy (non-hydrogen) atoms. The van der Waals surface area contributed by atoms with Crippen molar-refractivity contribution in [1.29, 1.82) is 0 Å². The predicted octanol–water partition coefficient (Wildman–Crippen LogP) is 3.26. The third-order valence-electron chi connectivity index (χ3n) is 4.46. The van der Waals surface area contributed by atoms with Crippen molar-refractivity contribution in [3.8, 4) is 5.75 Å². The molecule has 1 saturated heterocycles. The summed E-state index contributed by atoms with van der Waals surface area (Å²) in [7, 11) is 1.66. The number of hydrogen-bond donors (Lipinski definition) is 2. The lowest BCUT2D eigenvalue weighted by molar-refractivity contribution is 0.173. The first-order valence-electron chi connectivity index (χ1n) is 8.46. The molecule has 0 atom stereocenters. The van der Waals surface area contributed by atoms with E-state index in [0.29, 0.717) is 5.92 Å². The second-order valence-corrected chi connectivity index (χ2v) is 7.46. The van der Waals surface area contributed by atoms with Gasteiger partial charge in [0, 0.05) is 41.7 Å². The van der Waals surface area contributed by atoms with Crippen LogP contribution in [0.25, 0.3) is 10.9 Å². The molecule has 1 aromatic heterocycles. The van der Waals surface area contributed by atoms with Crippen LogP contribution in [-0.2, 0) is 0 Å². The maximum absolute atomic E-state index is 12.3. The van der Waals surface area contributed by atoms with E-state index in [1.807, 2.05) is 37.8 Å². The molecule has 0 radical (unpaired) electrons. The van der Waals surface area contributed by atoms with Gasteiger partial charge in [-0.3, -0.25) is 5.10 Å². The topological polar surface area (TPSA) is 70.2 Å². The quantitative estimate of drug-likeness (QED) is 0.888. The number of hydrogen-bond acceptors (Lipinski definition) is 3. The van der Waals surface area contributed by atoms with Gasteiger partial charge in [-0.25, -0.2) is 4.79 Å². The van der Waals surface area contributed by atoms with Crippen molar-refractivity contribution in [3.63, 3.8) is 0 Å². The van der Waals surface area contributed by atoms with Crippen LogP contribution in [0.5, 0.6) is 5.75 Å². The fraction of sp³-hybridized carbons (Fsp3) is 0.556. The first kappa shape index (κ1) is 16.6. The van der Waals surface area contributed by atoms with E-state index < -0.39 is 0 Å². The van der Waals surface area contributed by atoms with Gasteiger partial charge in [0.1, 0.15) is 5.75 Å². The number of carbonyl (C=O) groups is 1. The predicted molar refractivity (Wildman–Crippen MR) is 94.5 cm³/mol. The van der Waals surface area contributed by atoms with Crippen molar-refractivity contribution in [2.24, 2.45) is 0 Å². The summed E-state index contributed by atoms with van der Waals surface area (Å²) >= 11 is 0. The van der Waals surface area contributed by atoms with Crippen LogP contribution in [0.1, 0.15) is 45.2 Å². The zero-order chi connectivity index (χ0) is 17.3. The molecule has 6 heteroatoms. The minimum atomic E-state index is -0.202. The summed E-state index contributed by atoms with van der Waals surface area (Å²) < 4.78 is 5.25. The Labute approximate surface area is 142 Å². The van der Waals surface area contributed by atoms with Gasteiger partial charge in [-0.15, -0.1) is 0 Å². The van der Waals surface area contributed by atoms with E-state index in [2.05, 4.69) is 21.6 Å². The Morgan fingerprint density at radius 3 is 2.67 bits per heavy atom. The molecule has 2 aromatic rings. The number of urea groups is 1. The van der Waals surface area contributed by atoms with Gasteiger partial charge in [-0.2, -0.15) is 5.10 Å². The van der Waals surface area contributed by atoms with Crippen LogP contribution in [0.4, 0.5) is 4.79 Å². The van der Waals surface area contributed by atoms with Gasteiger partial charge in [0.15, 0.2) is 0 Å². The number of aromatic nitrogens is 2. The van der Waals surface area contributed by atoms with Crippen molar-refractivity contribution in [2.45, 2.75) is 45.1 Å². The number of piperidine rings is 1. The van der Waals surface area contributed by atoms with E-state index in [1.165, 1.54) is 5.69 Å². The zero-order valence-corrected chi connectivity index (χ0v) is 14.8. The highest BCUT2D eigenvalue weighted by Crippen LogP contribution is 2.32. The van der Waals surface area contributed by atoms with E-state index in [1.54, 1.807) is 7.11 Å². The van der Waals surface area contributed by atoms with Gasteiger partial charge in [0.2, 0.25) is 0 Å². The molecule has 3 rings (SSSR count). The maximum atomic E-state index is 12.3. The number of rotatable bonds is 2. The molecule has 130 valence electrons. The number of benzene rings is 1. The first-order chi connectivity index (χ1) is 11.4. The van der Waals surface area contributed by atoms with Gasteiger partial charge < -0.3 is 15.0 Å². The highest BCUT2D eigenvalue weighted by molar-refractivity contribution is 5.83. The molecule has 0 bridgehead atoms. The van der Waals surface area contributed by atoms with E-state index in [9.17, 15) is 4.79 Å². The monoisotopic (exact) mass is 330 g/mol. The summed E-state index contributed by atoms with van der Waals surface area (Å²) in [6.45, 7) is 7.54. The Balaban J connectivity index is 1.68. The van der Waals surface area contributed by atoms with Crippen molar-refractivity contribution in [2.75, 3.05) is 20.2 Å². The van der Waals surface area contributed by atoms with Gasteiger partial charge >= 0.3 is 6.03 Å². The molecular formula is C18H26N4O2. The SMILES string of the molecule is COc1ccc2c(C3CCN(C(=O)NC(C)(C)C)CC3)[nH]nc2c1. The summed E-state index contributed by atoms with van der Waals surface area (Å²) in [5.74, 6) is 1.22. The molecule has 1 aliphatic rings. The Kier molecular flexibility index (Phi) is 4.39. The van der Waals surface area contributed by atoms with E-state index in [-0.39, 0.29) is 11.6 Å². The van der Waals surface area contributed by atoms with Crippen molar-refractivity contribution in [3.05, 3.63) is 23.9 Å². The molecule has 0 unspecified atom stereocenters. The Hall–Kier alpha value is -2.24. The molecule has 2 N–H and O–H groups in total. The summed E-state index contributed by atoms with van der Waals surface area (Å²) in [5, 5.41) is 11.8. The molecule has 6 nitrogen and oxygen atoms in total. The number of methoxy groups -OCH3 is 1. The molecule has 2 amide bonds. The minimum Gasteiger partial charge on any atom is -0.497 e. The smallest absolute Gasteiger partial charge is 0.317 e. The van der Waals surface area contributed by atoms with Crippen molar-refractivity contribution < 1.29 is 9.53 Å². The number of amides is 2. The largest absolute Gasteiger partial charge is 0.497 e. The summed E-state index contributed by atoms with van der Waals surface area (Å²) in [6, 6.07) is 6.00. The lowest BCUT2D eigenvalue weighted by atomic mass is 9.91. The van der Waals surface area contributed by atoms with Gasteiger partial charge in [0.05, 0.1) is 12.6 Å². The summed E-state index contributed by atoms with van der Waals surface area (Å²) in [6.07, 6.45) is 1.89. The second-order valence-electron chi connectivity index (χ2n) is 7.46. The van der Waals surface area contributed by atoms with E-state index in [0.717, 1.165) is 42.6 Å². The average molecular weight is 330 g/mol. The Morgan fingerprint density at radius 2 is 2.04 bits per heavy atom. The van der Waals surface area contributed by atoms with Gasteiger partial charge in [-0.1, -0.05) is 0 Å². The highest BCUT2D eigenvalue weighted by atomic mass is 16.5. The second kappa shape index (κ2) is 6.34. The normalized spacial score (nSPS) is 16.4. The van der Waals surface area contributed by atoms with Crippen molar-refractivity contribution in [1.82, 2.24) is 20.4 Å². The molecule has 0 saturated carbocycles. The van der Waals surface area contributed by atoms with E-state index >= 15 is 0 Å². The van der Waals surface area contributed by atoms with Gasteiger partial charge in [0.25, 0.3) is 0 Å². The molecule has 1 fully saturated rings. The zero-order valence-electron chi connectivity index (χ0n) is 14.8. The van der Waals surface area contributed by atoms with E-state index in [4.69, 9.17) is 4.74 Å². The third-order valence-corrected chi connectivity index (χ3v) is 4.46. The van der Waals surface area contributed by atoms with Crippen molar-refractivity contribution >= 4 is 16.9 Å². The third kappa shape index (κ3) is 3.47. The average Bonchev–Trinajstić information content (AvgIpc) is 2.96. The molecule has 1 aromatic carbocycles. The van der Waals surface area contributed by atoms with Crippen LogP contribution in [0.3, 0.4) is 0 Å². The summed E-state index contributed by atoms with van der Waals surface area (Å²) in [5.41, 5.74) is 1.90. The fourth-order valence-corrected chi connectivity index (χ4v) is 3.22. The first-order valence-corrected chi connectivity index (χ1v) is 8.46. The maximum Gasteiger partial charge on any atom is 0.317 e. The summed E-state index contributed by atoms with van der Waals surface area (Å²) in [4.78, 5) is 14.2. The number of nitrogens with zero attached hydrogens (tertiary/aromatic N) is 2. The fourth-order valence-electron chi connectivity index (χ4n) is 3.22. The molecular weight excluding hydrogens is 304 g/mol. The number of nitrogens with one attached hydrogen (secondary N) is 2.